The highest BCUT2D eigenvalue weighted by molar-refractivity contribution is 5.82. The van der Waals surface area contributed by atoms with Gasteiger partial charge in [0, 0.05) is 18.5 Å². The maximum Gasteiger partial charge on any atom is 0.0859 e. The highest BCUT2D eigenvalue weighted by atomic mass is 15.2. The number of likely N-dealkylation sites (tertiary alicyclic amines) is 1. The van der Waals surface area contributed by atoms with Crippen LogP contribution in [0.25, 0.3) is 5.70 Å². The number of rotatable bonds is 4. The van der Waals surface area contributed by atoms with Gasteiger partial charge < -0.3 is 10.6 Å². The lowest BCUT2D eigenvalue weighted by molar-refractivity contribution is 0.134. The minimum Gasteiger partial charge on any atom is -0.397 e. The lowest BCUT2D eigenvalue weighted by Gasteiger charge is -2.36. The quantitative estimate of drug-likeness (QED) is 0.790. The third-order valence-electron chi connectivity index (χ3n) is 3.07. The summed E-state index contributed by atoms with van der Waals surface area (Å²) in [5.74, 6) is 0. The van der Waals surface area contributed by atoms with Crippen LogP contribution in [0.5, 0.6) is 0 Å². The molecule has 0 unspecified atom stereocenters. The van der Waals surface area contributed by atoms with Crippen molar-refractivity contribution in [1.82, 2.24) is 9.88 Å². The molecule has 0 amide bonds. The van der Waals surface area contributed by atoms with Crippen molar-refractivity contribution in [3.05, 3.63) is 36.2 Å². The van der Waals surface area contributed by atoms with E-state index >= 15 is 0 Å². The van der Waals surface area contributed by atoms with Crippen LogP contribution < -0.4 is 5.73 Å². The number of hydrogen-bond donors (Lipinski definition) is 1. The molecule has 0 aliphatic carbocycles. The van der Waals surface area contributed by atoms with Gasteiger partial charge in [-0.3, -0.25) is 9.98 Å². The molecule has 1 fully saturated rings. The summed E-state index contributed by atoms with van der Waals surface area (Å²) in [7, 11) is 2.13. The van der Waals surface area contributed by atoms with E-state index < -0.39 is 0 Å². The largest absolute Gasteiger partial charge is 0.397 e. The minimum absolute atomic E-state index is 0.607. The topological polar surface area (TPSA) is 54.5 Å². The fourth-order valence-electron chi connectivity index (χ4n) is 1.73. The molecule has 1 aromatic rings. The molecule has 0 radical (unpaired) electrons. The van der Waals surface area contributed by atoms with Gasteiger partial charge in [-0.15, -0.1) is 0 Å². The van der Waals surface area contributed by atoms with Gasteiger partial charge in [-0.05, 0) is 38.2 Å². The molecule has 4 nitrogen and oxygen atoms in total. The molecule has 2 N–H and O–H groups in total. The van der Waals surface area contributed by atoms with Crippen LogP contribution in [0.4, 0.5) is 0 Å². The lowest BCUT2D eigenvalue weighted by Crippen LogP contribution is -2.46. The summed E-state index contributed by atoms with van der Waals surface area (Å²) in [5.41, 5.74) is 7.32. The van der Waals surface area contributed by atoms with Crippen LogP contribution in [0.3, 0.4) is 0 Å². The number of aromatic nitrogens is 1. The Morgan fingerprint density at radius 1 is 1.65 bits per heavy atom. The Kier molecular flexibility index (Phi) is 3.88. The molecular weight excluding hydrogens is 212 g/mol. The van der Waals surface area contributed by atoms with Gasteiger partial charge in [0.2, 0.25) is 0 Å². The van der Waals surface area contributed by atoms with E-state index in [9.17, 15) is 0 Å². The van der Waals surface area contributed by atoms with Crippen molar-refractivity contribution in [3.63, 3.8) is 0 Å². The van der Waals surface area contributed by atoms with Crippen molar-refractivity contribution in [3.8, 4) is 0 Å². The first-order valence-electron chi connectivity index (χ1n) is 5.84. The molecule has 0 saturated carbocycles. The van der Waals surface area contributed by atoms with Crippen molar-refractivity contribution in [2.24, 2.45) is 10.7 Å². The summed E-state index contributed by atoms with van der Waals surface area (Å²) in [4.78, 5) is 10.8. The van der Waals surface area contributed by atoms with E-state index in [1.165, 1.54) is 13.0 Å². The summed E-state index contributed by atoms with van der Waals surface area (Å²) < 4.78 is 0. The highest BCUT2D eigenvalue weighted by Gasteiger charge is 2.22. The molecule has 0 aromatic carbocycles. The van der Waals surface area contributed by atoms with Crippen LogP contribution in [0.2, 0.25) is 0 Å². The van der Waals surface area contributed by atoms with Crippen LogP contribution in [0.1, 0.15) is 12.1 Å². The summed E-state index contributed by atoms with van der Waals surface area (Å²) in [6.45, 7) is 2.04. The van der Waals surface area contributed by atoms with Crippen molar-refractivity contribution >= 4 is 11.9 Å². The van der Waals surface area contributed by atoms with E-state index in [0.717, 1.165) is 12.2 Å². The Bertz CT molecular complexity index is 411. The van der Waals surface area contributed by atoms with Gasteiger partial charge in [-0.1, -0.05) is 6.07 Å². The number of nitrogens with two attached hydrogens (primary N) is 1. The fourth-order valence-corrected chi connectivity index (χ4v) is 1.73. The van der Waals surface area contributed by atoms with Gasteiger partial charge in [-0.2, -0.15) is 0 Å². The van der Waals surface area contributed by atoms with Crippen molar-refractivity contribution < 1.29 is 0 Å². The van der Waals surface area contributed by atoms with E-state index in [1.54, 1.807) is 18.5 Å². The first kappa shape index (κ1) is 11.8. The number of pyridine rings is 1. The number of aliphatic imine (C=N–C) groups is 1. The van der Waals surface area contributed by atoms with E-state index in [4.69, 9.17) is 5.73 Å². The zero-order valence-electron chi connectivity index (χ0n) is 10.1. The predicted molar refractivity (Wildman–Crippen MR) is 70.8 cm³/mol. The number of likely N-dealkylation sites (N-methyl/N-ethyl adjacent to an activating group) is 1. The van der Waals surface area contributed by atoms with Crippen LogP contribution >= 0.6 is 0 Å². The summed E-state index contributed by atoms with van der Waals surface area (Å²) in [5, 5.41) is 0. The normalized spacial score (nSPS) is 21.7. The second kappa shape index (κ2) is 5.59. The van der Waals surface area contributed by atoms with Crippen molar-refractivity contribution in [2.75, 3.05) is 20.1 Å². The highest BCUT2D eigenvalue weighted by Crippen LogP contribution is 2.13. The smallest absolute Gasteiger partial charge is 0.0859 e. The third kappa shape index (κ3) is 3.14. The maximum atomic E-state index is 5.88. The second-order valence-electron chi connectivity index (χ2n) is 4.27. The molecule has 4 heteroatoms. The van der Waals surface area contributed by atoms with Crippen molar-refractivity contribution in [2.45, 2.75) is 12.5 Å². The number of hydrogen-bond acceptors (Lipinski definition) is 4. The lowest BCUT2D eigenvalue weighted by atomic mass is 10.1. The summed E-state index contributed by atoms with van der Waals surface area (Å²) in [6.07, 6.45) is 6.56. The molecule has 1 aliphatic heterocycles. The predicted octanol–water partition coefficient (Wildman–Crippen LogP) is 1.16. The Hall–Kier alpha value is -1.68. The molecule has 2 rings (SSSR count). The van der Waals surface area contributed by atoms with Gasteiger partial charge in [0.25, 0.3) is 0 Å². The second-order valence-corrected chi connectivity index (χ2v) is 4.27. The van der Waals surface area contributed by atoms with E-state index in [1.807, 2.05) is 18.2 Å². The van der Waals surface area contributed by atoms with Gasteiger partial charge in [-0.25, -0.2) is 0 Å². The Morgan fingerprint density at radius 3 is 3.12 bits per heavy atom. The summed E-state index contributed by atoms with van der Waals surface area (Å²) in [6, 6.07) is 6.29. The number of nitrogens with zero attached hydrogens (tertiary/aromatic N) is 3. The van der Waals surface area contributed by atoms with Crippen LogP contribution in [0.15, 0.2) is 35.5 Å². The van der Waals surface area contributed by atoms with Crippen LogP contribution in [-0.4, -0.2) is 42.3 Å². The zero-order chi connectivity index (χ0) is 12.1. The van der Waals surface area contributed by atoms with Gasteiger partial charge in [0.05, 0.1) is 17.9 Å². The molecule has 0 spiro atoms. The average Bonchev–Trinajstić information content (AvgIpc) is 2.37. The van der Waals surface area contributed by atoms with E-state index in [0.29, 0.717) is 11.7 Å². The number of allylic oxidation sites excluding steroid dienone is 1. The molecule has 1 aromatic heterocycles. The minimum atomic E-state index is 0.607. The Morgan fingerprint density at radius 2 is 2.53 bits per heavy atom. The van der Waals surface area contributed by atoms with Crippen molar-refractivity contribution in [1.29, 1.82) is 0 Å². The molecule has 2 heterocycles. The molecule has 0 bridgehead atoms. The summed E-state index contributed by atoms with van der Waals surface area (Å²) >= 11 is 0. The van der Waals surface area contributed by atoms with Gasteiger partial charge >= 0.3 is 0 Å². The monoisotopic (exact) mass is 230 g/mol. The fraction of sp³-hybridized carbons (Fsp3) is 0.385. The van der Waals surface area contributed by atoms with Crippen LogP contribution in [0, 0.1) is 0 Å². The Balaban J connectivity index is 1.85. The van der Waals surface area contributed by atoms with Gasteiger partial charge in [0.1, 0.15) is 0 Å². The standard InChI is InChI=1S/C13H18N4/c1-17-9-6-11(17)10-15-8-5-12(14)13-4-2-3-7-16-13/h2-5,7-8,11H,6,9-10,14H2,1H3/b12-5-,15-8?/t11-/m0/s1. The van der Waals surface area contributed by atoms with Gasteiger partial charge in [0.15, 0.2) is 0 Å². The molecule has 90 valence electrons. The maximum absolute atomic E-state index is 5.88. The molecule has 1 saturated heterocycles. The molecule has 17 heavy (non-hydrogen) atoms. The zero-order valence-corrected chi connectivity index (χ0v) is 10.1. The Labute approximate surface area is 102 Å². The third-order valence-corrected chi connectivity index (χ3v) is 3.07. The van der Waals surface area contributed by atoms with Crippen LogP contribution in [-0.2, 0) is 0 Å². The first-order chi connectivity index (χ1) is 8.27. The average molecular weight is 230 g/mol. The first-order valence-corrected chi connectivity index (χ1v) is 5.84. The van der Waals surface area contributed by atoms with E-state index in [-0.39, 0.29) is 0 Å². The SMILES string of the molecule is CN1CC[C@H]1CN=C/C=C(\N)c1ccccn1. The molecular formula is C13H18N4. The van der Waals surface area contributed by atoms with E-state index in [2.05, 4.69) is 21.9 Å². The molecule has 1 aliphatic rings. The molecule has 1 atom stereocenters.